The molecule has 0 radical (unpaired) electrons. The summed E-state index contributed by atoms with van der Waals surface area (Å²) in [6.07, 6.45) is 0. The molecule has 21 heavy (non-hydrogen) atoms. The van der Waals surface area contributed by atoms with Gasteiger partial charge in [-0.05, 0) is 31.5 Å². The van der Waals surface area contributed by atoms with Crippen LogP contribution in [0.3, 0.4) is 0 Å². The van der Waals surface area contributed by atoms with Gasteiger partial charge in [0.15, 0.2) is 9.84 Å². The minimum Gasteiger partial charge on any atom is -0.382 e. The van der Waals surface area contributed by atoms with E-state index in [4.69, 9.17) is 28.9 Å². The third kappa shape index (κ3) is 2.97. The number of nitrogens with zero attached hydrogens (tertiary/aromatic N) is 2. The van der Waals surface area contributed by atoms with Gasteiger partial charge in [0.05, 0.1) is 15.8 Å². The number of benzene rings is 1. The van der Waals surface area contributed by atoms with E-state index in [1.165, 1.54) is 6.07 Å². The normalized spacial score (nSPS) is 11.9. The Hall–Kier alpha value is -1.37. The van der Waals surface area contributed by atoms with E-state index in [1.807, 2.05) is 0 Å². The zero-order valence-electron chi connectivity index (χ0n) is 11.3. The number of halogens is 2. The van der Waals surface area contributed by atoms with Crippen LogP contribution in [0.5, 0.6) is 0 Å². The summed E-state index contributed by atoms with van der Waals surface area (Å²) in [6.45, 7) is 3.21. The Kier molecular flexibility index (Phi) is 4.41. The second kappa shape index (κ2) is 5.79. The van der Waals surface area contributed by atoms with Crippen LogP contribution in [-0.2, 0) is 9.84 Å². The number of rotatable bonds is 3. The van der Waals surface area contributed by atoms with Gasteiger partial charge in [0.2, 0.25) is 5.28 Å². The van der Waals surface area contributed by atoms with Crippen LogP contribution < -0.4 is 5.73 Å². The van der Waals surface area contributed by atoms with Crippen LogP contribution in [0.25, 0.3) is 11.3 Å². The average Bonchev–Trinajstić information content (AvgIpc) is 2.42. The highest BCUT2D eigenvalue weighted by Crippen LogP contribution is 2.35. The molecule has 2 rings (SSSR count). The molecule has 0 aliphatic rings. The number of aromatic nitrogens is 2. The van der Waals surface area contributed by atoms with Crippen molar-refractivity contribution in [3.05, 3.63) is 34.6 Å². The number of sulfone groups is 1. The van der Waals surface area contributed by atoms with Gasteiger partial charge in [0.25, 0.3) is 0 Å². The predicted molar refractivity (Wildman–Crippen MR) is 84.2 cm³/mol. The fraction of sp³-hybridized carbons (Fsp3) is 0.231. The third-order valence-electron chi connectivity index (χ3n) is 2.92. The molecule has 0 spiro atoms. The summed E-state index contributed by atoms with van der Waals surface area (Å²) in [4.78, 5) is 7.89. The second-order valence-corrected chi connectivity index (χ2v) is 7.82. The van der Waals surface area contributed by atoms with Crippen molar-refractivity contribution >= 4 is 38.9 Å². The molecular weight excluding hydrogens is 333 g/mol. The van der Waals surface area contributed by atoms with Crippen LogP contribution in [-0.4, -0.2) is 23.6 Å². The molecule has 1 aromatic heterocycles. The summed E-state index contributed by atoms with van der Waals surface area (Å²) >= 11 is 11.9. The monoisotopic (exact) mass is 345 g/mol. The molecule has 0 fully saturated rings. The van der Waals surface area contributed by atoms with Crippen molar-refractivity contribution in [1.82, 2.24) is 9.97 Å². The minimum atomic E-state index is -3.50. The third-order valence-corrected chi connectivity index (χ3v) is 5.67. The summed E-state index contributed by atoms with van der Waals surface area (Å²) in [7, 11) is -3.50. The first-order valence-electron chi connectivity index (χ1n) is 6.07. The zero-order chi connectivity index (χ0) is 15.8. The Morgan fingerprint density at radius 1 is 1.14 bits per heavy atom. The highest BCUT2D eigenvalue weighted by molar-refractivity contribution is 7.92. The van der Waals surface area contributed by atoms with Crippen LogP contribution in [0, 0.1) is 0 Å². The SMILES string of the molecule is CC(C)S(=O)(=O)c1ccccc1-c1nc(Cl)nc(N)c1Cl. The lowest BCUT2D eigenvalue weighted by Crippen LogP contribution is -2.15. The number of nitrogen functional groups attached to an aromatic ring is 1. The molecule has 0 saturated carbocycles. The van der Waals surface area contributed by atoms with Crippen molar-refractivity contribution in [2.45, 2.75) is 24.0 Å². The van der Waals surface area contributed by atoms with Crippen molar-refractivity contribution in [2.75, 3.05) is 5.73 Å². The Bertz CT molecular complexity index is 792. The van der Waals surface area contributed by atoms with Gasteiger partial charge in [-0.1, -0.05) is 29.8 Å². The van der Waals surface area contributed by atoms with Crippen LogP contribution in [0.2, 0.25) is 10.3 Å². The molecule has 2 N–H and O–H groups in total. The van der Waals surface area contributed by atoms with E-state index in [9.17, 15) is 8.42 Å². The fourth-order valence-corrected chi connectivity index (χ4v) is 3.39. The van der Waals surface area contributed by atoms with E-state index in [1.54, 1.807) is 32.0 Å². The van der Waals surface area contributed by atoms with Crippen LogP contribution in [0.15, 0.2) is 29.2 Å². The summed E-state index contributed by atoms with van der Waals surface area (Å²) < 4.78 is 24.9. The molecule has 0 atom stereocenters. The van der Waals surface area contributed by atoms with Crippen LogP contribution >= 0.6 is 23.2 Å². The fourth-order valence-electron chi connectivity index (χ4n) is 1.78. The quantitative estimate of drug-likeness (QED) is 0.863. The molecule has 0 unspecified atom stereocenters. The van der Waals surface area contributed by atoms with Gasteiger partial charge >= 0.3 is 0 Å². The zero-order valence-corrected chi connectivity index (χ0v) is 13.7. The number of anilines is 1. The first-order valence-corrected chi connectivity index (χ1v) is 8.37. The largest absolute Gasteiger partial charge is 0.382 e. The van der Waals surface area contributed by atoms with E-state index in [0.29, 0.717) is 5.56 Å². The van der Waals surface area contributed by atoms with Crippen LogP contribution in [0.4, 0.5) is 5.82 Å². The first-order chi connectivity index (χ1) is 9.75. The van der Waals surface area contributed by atoms with E-state index in [0.717, 1.165) is 0 Å². The maximum atomic E-state index is 12.5. The van der Waals surface area contributed by atoms with E-state index < -0.39 is 15.1 Å². The van der Waals surface area contributed by atoms with Gasteiger partial charge in [-0.15, -0.1) is 0 Å². The molecule has 0 saturated heterocycles. The lowest BCUT2D eigenvalue weighted by Gasteiger charge is -2.14. The molecule has 0 aliphatic heterocycles. The summed E-state index contributed by atoms with van der Waals surface area (Å²) in [6, 6.07) is 6.45. The number of hydrogen-bond donors (Lipinski definition) is 1. The summed E-state index contributed by atoms with van der Waals surface area (Å²) in [5.74, 6) is 0.00316. The Labute approximate surface area is 133 Å². The van der Waals surface area contributed by atoms with Crippen molar-refractivity contribution < 1.29 is 8.42 Å². The van der Waals surface area contributed by atoms with Gasteiger partial charge in [0, 0.05) is 5.56 Å². The molecule has 5 nitrogen and oxygen atoms in total. The van der Waals surface area contributed by atoms with Crippen molar-refractivity contribution in [1.29, 1.82) is 0 Å². The van der Waals surface area contributed by atoms with Gasteiger partial charge < -0.3 is 5.73 Å². The van der Waals surface area contributed by atoms with Crippen molar-refractivity contribution in [3.63, 3.8) is 0 Å². The topological polar surface area (TPSA) is 85.9 Å². The van der Waals surface area contributed by atoms with Gasteiger partial charge in [0.1, 0.15) is 10.8 Å². The van der Waals surface area contributed by atoms with Gasteiger partial charge in [-0.2, -0.15) is 4.98 Å². The summed E-state index contributed by atoms with van der Waals surface area (Å²) in [5, 5.41) is -0.596. The maximum absolute atomic E-state index is 12.5. The molecule has 8 heteroatoms. The lowest BCUT2D eigenvalue weighted by atomic mass is 10.1. The van der Waals surface area contributed by atoms with E-state index in [-0.39, 0.29) is 26.7 Å². The molecule has 0 amide bonds. The Balaban J connectivity index is 2.79. The smallest absolute Gasteiger partial charge is 0.224 e. The highest BCUT2D eigenvalue weighted by Gasteiger charge is 2.25. The lowest BCUT2D eigenvalue weighted by molar-refractivity contribution is 0.587. The molecule has 0 aliphatic carbocycles. The summed E-state index contributed by atoms with van der Waals surface area (Å²) in [5.41, 5.74) is 6.22. The predicted octanol–water partition coefficient (Wildman–Crippen LogP) is 3.21. The van der Waals surface area contributed by atoms with Crippen molar-refractivity contribution in [3.8, 4) is 11.3 Å². The molecular formula is C13H13Cl2N3O2S. The molecule has 0 bridgehead atoms. The van der Waals surface area contributed by atoms with Crippen molar-refractivity contribution in [2.24, 2.45) is 0 Å². The first kappa shape index (κ1) is 16.0. The molecule has 2 aromatic rings. The Morgan fingerprint density at radius 3 is 2.38 bits per heavy atom. The number of nitrogens with two attached hydrogens (primary N) is 1. The molecule has 1 aromatic carbocycles. The number of hydrogen-bond acceptors (Lipinski definition) is 5. The Morgan fingerprint density at radius 2 is 1.76 bits per heavy atom. The van der Waals surface area contributed by atoms with E-state index >= 15 is 0 Å². The average molecular weight is 346 g/mol. The van der Waals surface area contributed by atoms with Crippen LogP contribution in [0.1, 0.15) is 13.8 Å². The molecule has 112 valence electrons. The second-order valence-electron chi connectivity index (χ2n) is 4.63. The maximum Gasteiger partial charge on any atom is 0.224 e. The minimum absolute atomic E-state index is 0.00316. The van der Waals surface area contributed by atoms with Gasteiger partial charge in [-0.25, -0.2) is 13.4 Å². The standard InChI is InChI=1S/C13H13Cl2N3O2S/c1-7(2)21(19,20)9-6-4-3-5-8(9)11-10(14)12(16)18-13(15)17-11/h3-7H,1-2H3,(H2,16,17,18). The highest BCUT2D eigenvalue weighted by atomic mass is 35.5. The van der Waals surface area contributed by atoms with E-state index in [2.05, 4.69) is 9.97 Å². The van der Waals surface area contributed by atoms with Gasteiger partial charge in [-0.3, -0.25) is 0 Å². The molecule has 1 heterocycles.